The molecule has 0 aliphatic carbocycles. The Hall–Kier alpha value is -4.98. The molecule has 7 nitrogen and oxygen atoms in total. The zero-order chi connectivity index (χ0) is 28.1. The first kappa shape index (κ1) is 26.6. The van der Waals surface area contributed by atoms with E-state index in [1.54, 1.807) is 18.3 Å². The summed E-state index contributed by atoms with van der Waals surface area (Å²) in [4.78, 5) is 33.3. The minimum absolute atomic E-state index is 0.000489. The van der Waals surface area contributed by atoms with Crippen LogP contribution in [0.5, 0.6) is 0 Å². The number of pyridine rings is 1. The van der Waals surface area contributed by atoms with Crippen molar-refractivity contribution >= 4 is 11.8 Å². The number of hydrogen-bond acceptors (Lipinski definition) is 6. The van der Waals surface area contributed by atoms with Gasteiger partial charge in [-0.3, -0.25) is 14.6 Å². The number of aliphatic carboxylic acids is 1. The number of carboxylic acid groups (broad SMARTS) is 1. The Kier molecular flexibility index (Phi) is 7.87. The molecule has 0 spiro atoms. The summed E-state index contributed by atoms with van der Waals surface area (Å²) >= 11 is 0. The molecule has 0 aliphatic heterocycles. The van der Waals surface area contributed by atoms with Gasteiger partial charge in [-0.1, -0.05) is 65.3 Å². The van der Waals surface area contributed by atoms with Crippen LogP contribution >= 0.6 is 0 Å². The second kappa shape index (κ2) is 11.8. The van der Waals surface area contributed by atoms with Crippen LogP contribution in [-0.4, -0.2) is 32.0 Å². The maximum absolute atomic E-state index is 15.0. The topological polar surface area (TPSA) is 106 Å². The van der Waals surface area contributed by atoms with Gasteiger partial charge >= 0.3 is 5.97 Å². The number of carbonyl (C=O) groups excluding carboxylic acids is 1. The van der Waals surface area contributed by atoms with E-state index in [0.29, 0.717) is 11.3 Å². The van der Waals surface area contributed by atoms with Gasteiger partial charge < -0.3 is 9.63 Å². The molecule has 1 atom stereocenters. The highest BCUT2D eigenvalue weighted by molar-refractivity contribution is 5.85. The van der Waals surface area contributed by atoms with Crippen LogP contribution in [0.25, 0.3) is 34.0 Å². The summed E-state index contributed by atoms with van der Waals surface area (Å²) in [5.74, 6) is -2.61. The van der Waals surface area contributed by atoms with Crippen LogP contribution in [0.3, 0.4) is 0 Å². The van der Waals surface area contributed by atoms with Crippen LogP contribution in [0.4, 0.5) is 4.39 Å². The van der Waals surface area contributed by atoms with Crippen molar-refractivity contribution in [2.24, 2.45) is 5.92 Å². The van der Waals surface area contributed by atoms with E-state index in [4.69, 9.17) is 4.52 Å². The molecule has 5 rings (SSSR count). The molecule has 40 heavy (non-hydrogen) atoms. The Morgan fingerprint density at radius 3 is 2.35 bits per heavy atom. The third-order valence-electron chi connectivity index (χ3n) is 6.61. The fourth-order valence-corrected chi connectivity index (χ4v) is 4.42. The van der Waals surface area contributed by atoms with E-state index in [1.807, 2.05) is 67.6 Å². The maximum Gasteiger partial charge on any atom is 0.307 e. The molecule has 2 heterocycles. The van der Waals surface area contributed by atoms with Gasteiger partial charge in [-0.15, -0.1) is 0 Å². The number of nitrogens with zero attached hydrogens (tertiary/aromatic N) is 3. The van der Waals surface area contributed by atoms with Gasteiger partial charge in [0.15, 0.2) is 0 Å². The number of ketones is 1. The smallest absolute Gasteiger partial charge is 0.307 e. The average Bonchev–Trinajstić information content (AvgIpc) is 3.44. The number of halogens is 1. The van der Waals surface area contributed by atoms with E-state index in [0.717, 1.165) is 22.3 Å². The summed E-state index contributed by atoms with van der Waals surface area (Å²) in [5, 5.41) is 13.6. The van der Waals surface area contributed by atoms with Gasteiger partial charge in [0.1, 0.15) is 11.6 Å². The summed E-state index contributed by atoms with van der Waals surface area (Å²) in [5.41, 5.74) is 4.90. The van der Waals surface area contributed by atoms with E-state index in [-0.39, 0.29) is 42.3 Å². The van der Waals surface area contributed by atoms with Gasteiger partial charge in [0.2, 0.25) is 5.82 Å². The summed E-state index contributed by atoms with van der Waals surface area (Å²) in [6.07, 6.45) is 1.53. The SMILES string of the molecule is Cc1ccc(-c2nc(-c3ccc(CC(CC(=O)Cc4ccc(-c5ccccc5)cn4)C(=O)O)cc3F)no2)cc1. The first-order valence-corrected chi connectivity index (χ1v) is 12.8. The molecule has 0 saturated heterocycles. The van der Waals surface area contributed by atoms with Crippen molar-refractivity contribution in [1.29, 1.82) is 0 Å². The van der Waals surface area contributed by atoms with Crippen molar-refractivity contribution < 1.29 is 23.6 Å². The van der Waals surface area contributed by atoms with Crippen LogP contribution in [-0.2, 0) is 22.4 Å². The molecular weight excluding hydrogens is 509 g/mol. The lowest BCUT2D eigenvalue weighted by Gasteiger charge is -2.12. The van der Waals surface area contributed by atoms with Crippen LogP contribution in [0.2, 0.25) is 0 Å². The van der Waals surface area contributed by atoms with E-state index in [9.17, 15) is 14.7 Å². The van der Waals surface area contributed by atoms with Gasteiger partial charge in [-0.25, -0.2) is 4.39 Å². The van der Waals surface area contributed by atoms with E-state index in [1.165, 1.54) is 12.1 Å². The summed E-state index contributed by atoms with van der Waals surface area (Å²) in [6, 6.07) is 25.3. The summed E-state index contributed by atoms with van der Waals surface area (Å²) in [7, 11) is 0. The van der Waals surface area contributed by atoms with Crippen LogP contribution in [0.1, 0.15) is 23.2 Å². The number of hydrogen-bond donors (Lipinski definition) is 1. The second-order valence-corrected chi connectivity index (χ2v) is 9.67. The lowest BCUT2D eigenvalue weighted by Crippen LogP contribution is -2.21. The van der Waals surface area contributed by atoms with Crippen molar-refractivity contribution in [2.45, 2.75) is 26.2 Å². The number of Topliss-reactive ketones (excluding diaryl/α,β-unsaturated/α-hetero) is 1. The van der Waals surface area contributed by atoms with E-state index in [2.05, 4.69) is 15.1 Å². The zero-order valence-electron chi connectivity index (χ0n) is 21.8. The lowest BCUT2D eigenvalue weighted by atomic mass is 9.92. The third-order valence-corrected chi connectivity index (χ3v) is 6.61. The van der Waals surface area contributed by atoms with Crippen LogP contribution in [0, 0.1) is 18.7 Å². The number of rotatable bonds is 10. The molecule has 1 unspecified atom stereocenters. The van der Waals surface area contributed by atoms with Crippen molar-refractivity contribution in [1.82, 2.24) is 15.1 Å². The average molecular weight is 536 g/mol. The monoisotopic (exact) mass is 535 g/mol. The molecular formula is C32H26FN3O4. The molecule has 8 heteroatoms. The van der Waals surface area contributed by atoms with Crippen molar-refractivity contribution in [2.75, 3.05) is 0 Å². The Labute approximate surface area is 230 Å². The number of aryl methyl sites for hydroxylation is 1. The van der Waals surface area contributed by atoms with Crippen molar-refractivity contribution in [3.05, 3.63) is 114 Å². The summed E-state index contributed by atoms with van der Waals surface area (Å²) < 4.78 is 20.3. The molecule has 0 saturated carbocycles. The van der Waals surface area contributed by atoms with Gasteiger partial charge in [0.25, 0.3) is 5.89 Å². The molecule has 0 radical (unpaired) electrons. The Morgan fingerprint density at radius 2 is 1.68 bits per heavy atom. The lowest BCUT2D eigenvalue weighted by molar-refractivity contribution is -0.143. The van der Waals surface area contributed by atoms with Gasteiger partial charge in [0.05, 0.1) is 11.5 Å². The highest BCUT2D eigenvalue weighted by atomic mass is 19.1. The molecule has 3 aromatic carbocycles. The highest BCUT2D eigenvalue weighted by Gasteiger charge is 2.23. The first-order valence-electron chi connectivity index (χ1n) is 12.8. The van der Waals surface area contributed by atoms with Crippen molar-refractivity contribution in [3.63, 3.8) is 0 Å². The van der Waals surface area contributed by atoms with Gasteiger partial charge in [-0.05, 0) is 54.8 Å². The normalized spacial score (nSPS) is 11.8. The van der Waals surface area contributed by atoms with Crippen LogP contribution < -0.4 is 0 Å². The standard InChI is InChI=1S/C32H26FN3O4/c1-20-7-10-23(11-8-20)31-35-30(36-40-31)28-14-9-21(16-29(28)33)15-25(32(38)39)17-27(37)18-26-13-12-24(19-34-26)22-5-3-2-4-6-22/h2-14,16,19,25H,15,17-18H2,1H3,(H,38,39). The predicted octanol–water partition coefficient (Wildman–Crippen LogP) is 6.36. The quantitative estimate of drug-likeness (QED) is 0.222. The number of carbonyl (C=O) groups is 2. The largest absolute Gasteiger partial charge is 0.481 e. The molecule has 0 amide bonds. The molecule has 200 valence electrons. The Bertz CT molecular complexity index is 1630. The van der Waals surface area contributed by atoms with Crippen LogP contribution in [0.15, 0.2) is 95.6 Å². The molecule has 2 aromatic heterocycles. The first-order chi connectivity index (χ1) is 19.4. The molecule has 5 aromatic rings. The fourth-order valence-electron chi connectivity index (χ4n) is 4.42. The van der Waals surface area contributed by atoms with Gasteiger partial charge in [0, 0.05) is 35.9 Å². The number of benzene rings is 3. The van der Waals surface area contributed by atoms with E-state index < -0.39 is 17.7 Å². The highest BCUT2D eigenvalue weighted by Crippen LogP contribution is 2.26. The fraction of sp³-hybridized carbons (Fsp3) is 0.156. The van der Waals surface area contributed by atoms with E-state index >= 15 is 4.39 Å². The maximum atomic E-state index is 15.0. The minimum Gasteiger partial charge on any atom is -0.481 e. The van der Waals surface area contributed by atoms with Gasteiger partial charge in [-0.2, -0.15) is 4.98 Å². The summed E-state index contributed by atoms with van der Waals surface area (Å²) in [6.45, 7) is 1.97. The van der Waals surface area contributed by atoms with Crippen molar-refractivity contribution in [3.8, 4) is 34.0 Å². The molecule has 0 aliphatic rings. The third kappa shape index (κ3) is 6.35. The number of carboxylic acids is 1. The Balaban J connectivity index is 1.23. The zero-order valence-corrected chi connectivity index (χ0v) is 21.8. The molecule has 1 N–H and O–H groups in total. The predicted molar refractivity (Wildman–Crippen MR) is 148 cm³/mol. The second-order valence-electron chi connectivity index (χ2n) is 9.67. The molecule has 0 bridgehead atoms. The minimum atomic E-state index is -1.12. The number of aromatic nitrogens is 3. The molecule has 0 fully saturated rings. The Morgan fingerprint density at radius 1 is 0.925 bits per heavy atom.